The molecule has 0 aliphatic carbocycles. The second-order valence-electron chi connectivity index (χ2n) is 7.80. The minimum absolute atomic E-state index is 0.0646. The number of phenolic OH excluding ortho intramolecular Hbond substituents is 2. The van der Waals surface area contributed by atoms with Crippen LogP contribution in [0.5, 0.6) is 11.5 Å². The van der Waals surface area contributed by atoms with Gasteiger partial charge in [0.1, 0.15) is 23.1 Å². The van der Waals surface area contributed by atoms with Crippen LogP contribution in [0.1, 0.15) is 31.8 Å². The number of hydrogen-bond donors (Lipinski definition) is 2. The minimum Gasteiger partial charge on any atom is -0.507 e. The van der Waals surface area contributed by atoms with Crippen LogP contribution >= 0.6 is 23.2 Å². The van der Waals surface area contributed by atoms with Crippen molar-refractivity contribution in [2.75, 3.05) is 0 Å². The Morgan fingerprint density at radius 1 is 0.658 bits per heavy atom. The molecule has 0 fully saturated rings. The lowest BCUT2D eigenvalue weighted by molar-refractivity contribution is 0.103. The first-order valence-corrected chi connectivity index (χ1v) is 11.8. The molecule has 4 rings (SSSR count). The van der Waals surface area contributed by atoms with E-state index in [0.29, 0.717) is 10.6 Å². The monoisotopic (exact) mass is 552 g/mol. The molecule has 0 heterocycles. The maximum atomic E-state index is 13.0. The summed E-state index contributed by atoms with van der Waals surface area (Å²) in [7, 11) is 0. The molecule has 0 radical (unpaired) electrons. The number of ketones is 2. The highest BCUT2D eigenvalue weighted by Gasteiger charge is 2.11. The van der Waals surface area contributed by atoms with Gasteiger partial charge in [-0.25, -0.2) is 8.78 Å². The summed E-state index contributed by atoms with van der Waals surface area (Å²) in [6, 6.07) is 20.4. The van der Waals surface area contributed by atoms with Crippen LogP contribution in [0, 0.1) is 11.6 Å². The second kappa shape index (κ2) is 13.3. The van der Waals surface area contributed by atoms with Gasteiger partial charge in [0.05, 0.1) is 16.1 Å². The van der Waals surface area contributed by atoms with Gasteiger partial charge < -0.3 is 10.2 Å². The Morgan fingerprint density at radius 3 is 1.79 bits per heavy atom. The number of phenols is 2. The van der Waals surface area contributed by atoms with Gasteiger partial charge in [-0.1, -0.05) is 65.7 Å². The van der Waals surface area contributed by atoms with Crippen LogP contribution in [-0.2, 0) is 0 Å². The van der Waals surface area contributed by atoms with E-state index >= 15 is 0 Å². The van der Waals surface area contributed by atoms with Crippen molar-refractivity contribution in [2.24, 2.45) is 0 Å². The van der Waals surface area contributed by atoms with Crippen molar-refractivity contribution in [2.45, 2.75) is 0 Å². The molecule has 8 heteroatoms. The molecule has 4 aromatic rings. The summed E-state index contributed by atoms with van der Waals surface area (Å²) in [6.45, 7) is 0. The Morgan fingerprint density at radius 2 is 1.18 bits per heavy atom. The smallest absolute Gasteiger partial charge is 0.189 e. The van der Waals surface area contributed by atoms with E-state index in [4.69, 9.17) is 23.2 Å². The van der Waals surface area contributed by atoms with E-state index in [0.717, 1.165) is 23.8 Å². The summed E-state index contributed by atoms with van der Waals surface area (Å²) in [6.07, 6.45) is 5.70. The summed E-state index contributed by atoms with van der Waals surface area (Å²) in [5, 5.41) is 19.9. The average Bonchev–Trinajstić information content (AvgIpc) is 2.91. The number of halogens is 4. The fraction of sp³-hybridized carbons (Fsp3) is 0. The lowest BCUT2D eigenvalue weighted by atomic mass is 10.1. The molecule has 4 nitrogen and oxygen atoms in total. The third-order valence-electron chi connectivity index (χ3n) is 5.07. The normalized spacial score (nSPS) is 10.8. The second-order valence-corrected chi connectivity index (χ2v) is 8.64. The number of para-hydroxylation sites is 1. The zero-order chi connectivity index (χ0) is 27.7. The van der Waals surface area contributed by atoms with Gasteiger partial charge in [-0.3, -0.25) is 9.59 Å². The van der Waals surface area contributed by atoms with Crippen LogP contribution in [0.4, 0.5) is 8.78 Å². The van der Waals surface area contributed by atoms with Crippen molar-refractivity contribution in [3.63, 3.8) is 0 Å². The predicted molar refractivity (Wildman–Crippen MR) is 146 cm³/mol. The number of carbonyl (C=O) groups excluding carboxylic acids is 2. The van der Waals surface area contributed by atoms with E-state index in [1.807, 2.05) is 0 Å². The third-order valence-corrected chi connectivity index (χ3v) is 5.63. The van der Waals surface area contributed by atoms with Gasteiger partial charge in [-0.2, -0.15) is 0 Å². The molecule has 38 heavy (non-hydrogen) atoms. The Bertz CT molecular complexity index is 1430. The predicted octanol–water partition coefficient (Wildman–Crippen LogP) is 8.16. The van der Waals surface area contributed by atoms with Gasteiger partial charge in [-0.15, -0.1) is 0 Å². The van der Waals surface area contributed by atoms with Crippen molar-refractivity contribution < 1.29 is 28.6 Å². The standard InChI is InChI=1S/2C15H10ClFO2/c16-11-4-1-10(2-5-11)3-7-14(18)13-9-12(17)6-8-15(13)19;16-13-3-1-2-12(15(13)19)14(18)9-6-10-4-7-11(17)8-5-10/h2*1-9,19H. The topological polar surface area (TPSA) is 74.6 Å². The molecule has 2 N–H and O–H groups in total. The molecule has 0 atom stereocenters. The number of rotatable bonds is 6. The lowest BCUT2D eigenvalue weighted by Crippen LogP contribution is -1.95. The first-order chi connectivity index (χ1) is 18.1. The van der Waals surface area contributed by atoms with E-state index in [-0.39, 0.29) is 39.2 Å². The van der Waals surface area contributed by atoms with Gasteiger partial charge in [0.25, 0.3) is 0 Å². The molecule has 192 valence electrons. The summed E-state index contributed by atoms with van der Waals surface area (Å²) >= 11 is 11.5. The van der Waals surface area contributed by atoms with Crippen LogP contribution in [0.2, 0.25) is 10.0 Å². The zero-order valence-electron chi connectivity index (χ0n) is 19.6. The highest BCUT2D eigenvalue weighted by atomic mass is 35.5. The molecule has 0 saturated carbocycles. The first kappa shape index (κ1) is 28.3. The van der Waals surface area contributed by atoms with Gasteiger partial charge in [-0.05, 0) is 77.9 Å². The van der Waals surface area contributed by atoms with Crippen molar-refractivity contribution >= 4 is 46.9 Å². The van der Waals surface area contributed by atoms with Gasteiger partial charge in [0.2, 0.25) is 0 Å². The van der Waals surface area contributed by atoms with Crippen LogP contribution in [0.25, 0.3) is 12.2 Å². The fourth-order valence-corrected chi connectivity index (χ4v) is 3.39. The number of benzene rings is 4. The van der Waals surface area contributed by atoms with Crippen LogP contribution < -0.4 is 0 Å². The molecule has 0 aliphatic heterocycles. The van der Waals surface area contributed by atoms with E-state index in [1.165, 1.54) is 36.4 Å². The summed E-state index contributed by atoms with van der Waals surface area (Å²) < 4.78 is 25.7. The van der Waals surface area contributed by atoms with Crippen LogP contribution in [-0.4, -0.2) is 21.8 Å². The Kier molecular flexibility index (Phi) is 9.93. The Hall–Kier alpha value is -4.26. The van der Waals surface area contributed by atoms with E-state index in [9.17, 15) is 28.6 Å². The molecule has 0 spiro atoms. The molecule has 0 unspecified atom stereocenters. The Balaban J connectivity index is 0.000000211. The van der Waals surface area contributed by atoms with E-state index in [2.05, 4.69) is 0 Å². The fourth-order valence-electron chi connectivity index (χ4n) is 3.09. The van der Waals surface area contributed by atoms with Crippen molar-refractivity contribution in [3.05, 3.63) is 141 Å². The number of carbonyl (C=O) groups is 2. The van der Waals surface area contributed by atoms with E-state index in [1.54, 1.807) is 54.6 Å². The SMILES string of the molecule is O=C(C=Cc1ccc(Cl)cc1)c1cc(F)ccc1O.O=C(C=Cc1ccc(F)cc1)c1cccc(Cl)c1O. The van der Waals surface area contributed by atoms with Gasteiger partial charge >= 0.3 is 0 Å². The lowest BCUT2D eigenvalue weighted by Gasteiger charge is -2.01. The minimum atomic E-state index is -0.568. The van der Waals surface area contributed by atoms with Crippen molar-refractivity contribution in [1.82, 2.24) is 0 Å². The molecule has 0 aromatic heterocycles. The summed E-state index contributed by atoms with van der Waals surface area (Å²) in [5.74, 6) is -2.22. The van der Waals surface area contributed by atoms with Crippen molar-refractivity contribution in [1.29, 1.82) is 0 Å². The molecule has 0 aliphatic rings. The molecule has 0 amide bonds. The first-order valence-electron chi connectivity index (χ1n) is 11.1. The Labute approximate surface area is 227 Å². The highest BCUT2D eigenvalue weighted by Crippen LogP contribution is 2.27. The molecule has 4 aromatic carbocycles. The highest BCUT2D eigenvalue weighted by molar-refractivity contribution is 6.33. The quantitative estimate of drug-likeness (QED) is 0.187. The summed E-state index contributed by atoms with van der Waals surface area (Å²) in [4.78, 5) is 23.7. The third kappa shape index (κ3) is 8.13. The maximum Gasteiger partial charge on any atom is 0.189 e. The molecular formula is C30H20Cl2F2O4. The molecular weight excluding hydrogens is 533 g/mol. The average molecular weight is 553 g/mol. The van der Waals surface area contributed by atoms with E-state index < -0.39 is 11.6 Å². The molecule has 0 bridgehead atoms. The number of aromatic hydroxyl groups is 2. The largest absolute Gasteiger partial charge is 0.507 e. The molecule has 0 saturated heterocycles. The number of hydrogen-bond acceptors (Lipinski definition) is 4. The van der Waals surface area contributed by atoms with Crippen LogP contribution in [0.3, 0.4) is 0 Å². The van der Waals surface area contributed by atoms with Crippen LogP contribution in [0.15, 0.2) is 97.1 Å². The zero-order valence-corrected chi connectivity index (χ0v) is 21.1. The maximum absolute atomic E-state index is 13.0. The van der Waals surface area contributed by atoms with Gasteiger partial charge in [0, 0.05) is 5.02 Å². The number of allylic oxidation sites excluding steroid dienone is 2. The van der Waals surface area contributed by atoms with Gasteiger partial charge in [0.15, 0.2) is 11.6 Å². The van der Waals surface area contributed by atoms with Crippen molar-refractivity contribution in [3.8, 4) is 11.5 Å². The summed E-state index contributed by atoms with van der Waals surface area (Å²) in [5.41, 5.74) is 1.54.